The summed E-state index contributed by atoms with van der Waals surface area (Å²) in [6, 6.07) is 14.9. The molecule has 0 saturated carbocycles. The molecule has 2 aromatic carbocycles. The van der Waals surface area contributed by atoms with Crippen LogP contribution in [0.3, 0.4) is 0 Å². The highest BCUT2D eigenvalue weighted by molar-refractivity contribution is 7.92. The molecule has 164 valence electrons. The van der Waals surface area contributed by atoms with E-state index >= 15 is 0 Å². The van der Waals surface area contributed by atoms with E-state index < -0.39 is 10.0 Å². The fourth-order valence-electron chi connectivity index (χ4n) is 3.29. The highest BCUT2D eigenvalue weighted by Gasteiger charge is 2.22. The molecule has 1 aliphatic rings. The van der Waals surface area contributed by atoms with Crippen LogP contribution in [0.15, 0.2) is 53.9 Å². The maximum Gasteiger partial charge on any atom is 0.237 e. The summed E-state index contributed by atoms with van der Waals surface area (Å²) in [5.74, 6) is -0.225. The van der Waals surface area contributed by atoms with Gasteiger partial charge in [-0.05, 0) is 49.8 Å². The fraction of sp³-hybridized carbons (Fsp3) is 0.304. The second-order valence-corrected chi connectivity index (χ2v) is 9.20. The third-order valence-corrected chi connectivity index (χ3v) is 6.25. The number of hydrogen-bond donors (Lipinski definition) is 1. The predicted molar refractivity (Wildman–Crippen MR) is 122 cm³/mol. The monoisotopic (exact) mass is 441 g/mol. The van der Waals surface area contributed by atoms with Crippen LogP contribution in [-0.2, 0) is 14.8 Å². The smallest absolute Gasteiger partial charge is 0.237 e. The number of nitrogens with zero attached hydrogens (tertiary/aromatic N) is 2. The summed E-state index contributed by atoms with van der Waals surface area (Å²) < 4.78 is 26.7. The zero-order valence-corrected chi connectivity index (χ0v) is 18.6. The van der Waals surface area contributed by atoms with E-state index in [9.17, 15) is 18.0 Å². The summed E-state index contributed by atoms with van der Waals surface area (Å²) in [5, 5.41) is 1.08. The topological polar surface area (TPSA) is 86.8 Å². The molecule has 1 amide bonds. The first kappa shape index (κ1) is 22.7. The number of rotatable bonds is 7. The summed E-state index contributed by atoms with van der Waals surface area (Å²) in [7, 11) is -3.70. The molecule has 0 spiro atoms. The minimum Gasteiger partial charge on any atom is -0.368 e. The molecule has 0 radical (unpaired) electrons. The van der Waals surface area contributed by atoms with E-state index in [2.05, 4.69) is 9.62 Å². The van der Waals surface area contributed by atoms with Crippen molar-refractivity contribution in [3.63, 3.8) is 0 Å². The maximum absolute atomic E-state index is 12.4. The normalized spacial score (nSPS) is 14.8. The van der Waals surface area contributed by atoms with E-state index in [4.69, 9.17) is 0 Å². The number of ketones is 1. The van der Waals surface area contributed by atoms with Crippen LogP contribution in [-0.4, -0.2) is 57.7 Å². The third kappa shape index (κ3) is 6.50. The highest BCUT2D eigenvalue weighted by atomic mass is 32.2. The van der Waals surface area contributed by atoms with Crippen LogP contribution in [0.25, 0.3) is 6.08 Å². The molecule has 3 rings (SSSR count). The molecule has 8 heteroatoms. The fourth-order valence-corrected chi connectivity index (χ4v) is 4.05. The molecule has 1 N–H and O–H groups in total. The van der Waals surface area contributed by atoms with E-state index in [0.717, 1.165) is 22.2 Å². The number of carbonyl (C=O) groups excluding carboxylic acids is 2. The molecule has 1 saturated heterocycles. The molecule has 0 unspecified atom stereocenters. The van der Waals surface area contributed by atoms with Crippen molar-refractivity contribution in [1.82, 2.24) is 9.62 Å². The molecule has 1 heterocycles. The van der Waals surface area contributed by atoms with Gasteiger partial charge in [-0.15, -0.1) is 0 Å². The zero-order valence-electron chi connectivity index (χ0n) is 17.7. The largest absolute Gasteiger partial charge is 0.368 e. The Morgan fingerprint density at radius 3 is 2.16 bits per heavy atom. The Morgan fingerprint density at radius 1 is 0.968 bits per heavy atom. The number of nitrogens with one attached hydrogen (secondary N) is 1. The van der Waals surface area contributed by atoms with Gasteiger partial charge in [0, 0.05) is 42.8 Å². The van der Waals surface area contributed by atoms with Crippen LogP contribution >= 0.6 is 0 Å². The van der Waals surface area contributed by atoms with Crippen LogP contribution in [0.1, 0.15) is 28.4 Å². The Morgan fingerprint density at radius 2 is 1.58 bits per heavy atom. The number of hydrogen-bond acceptors (Lipinski definition) is 5. The lowest BCUT2D eigenvalue weighted by molar-refractivity contribution is -0.130. The summed E-state index contributed by atoms with van der Waals surface area (Å²) in [5.41, 5.74) is 3.53. The summed E-state index contributed by atoms with van der Waals surface area (Å²) >= 11 is 0. The van der Waals surface area contributed by atoms with E-state index in [0.29, 0.717) is 31.7 Å². The van der Waals surface area contributed by atoms with Crippen LogP contribution < -0.4 is 9.62 Å². The van der Waals surface area contributed by atoms with Crippen molar-refractivity contribution in [3.8, 4) is 0 Å². The quantitative estimate of drug-likeness (QED) is 0.667. The van der Waals surface area contributed by atoms with Gasteiger partial charge in [0.15, 0.2) is 5.78 Å². The predicted octanol–water partition coefficient (Wildman–Crippen LogP) is 2.44. The molecule has 0 aliphatic carbocycles. The Hall–Kier alpha value is -2.97. The van der Waals surface area contributed by atoms with Crippen molar-refractivity contribution < 1.29 is 18.0 Å². The summed E-state index contributed by atoms with van der Waals surface area (Å²) in [6.07, 6.45) is 1.50. The molecule has 0 atom stereocenters. The first-order valence-electron chi connectivity index (χ1n) is 10.1. The molecular formula is C23H27N3O4S. The van der Waals surface area contributed by atoms with Gasteiger partial charge in [-0.25, -0.2) is 13.1 Å². The van der Waals surface area contributed by atoms with E-state index in [1.54, 1.807) is 17.0 Å². The van der Waals surface area contributed by atoms with Gasteiger partial charge in [-0.3, -0.25) is 9.59 Å². The molecule has 31 heavy (non-hydrogen) atoms. The first-order chi connectivity index (χ1) is 14.7. The van der Waals surface area contributed by atoms with Crippen molar-refractivity contribution in [3.05, 3.63) is 70.6 Å². The van der Waals surface area contributed by atoms with Crippen molar-refractivity contribution in [2.75, 3.05) is 37.6 Å². The van der Waals surface area contributed by atoms with Gasteiger partial charge in [0.1, 0.15) is 0 Å². The molecule has 0 aromatic heterocycles. The molecular weight excluding hydrogens is 414 g/mol. The van der Waals surface area contributed by atoms with Crippen molar-refractivity contribution >= 4 is 33.5 Å². The Labute approximate surface area is 183 Å². The van der Waals surface area contributed by atoms with Crippen molar-refractivity contribution in [1.29, 1.82) is 0 Å². The molecule has 1 aliphatic heterocycles. The summed E-state index contributed by atoms with van der Waals surface area (Å²) in [4.78, 5) is 27.6. The van der Waals surface area contributed by atoms with Crippen LogP contribution in [0.5, 0.6) is 0 Å². The number of anilines is 1. The van der Waals surface area contributed by atoms with Crippen molar-refractivity contribution in [2.45, 2.75) is 13.8 Å². The van der Waals surface area contributed by atoms with Gasteiger partial charge in [-0.1, -0.05) is 29.8 Å². The number of Topliss-reactive ketones (excluding diaryl/α,β-unsaturated/α-hetero) is 1. The highest BCUT2D eigenvalue weighted by Crippen LogP contribution is 2.17. The second-order valence-electron chi connectivity index (χ2n) is 7.55. The molecule has 7 nitrogen and oxygen atoms in total. The Bertz CT molecular complexity index is 1050. The minimum absolute atomic E-state index is 0.0260. The number of aryl methyl sites for hydroxylation is 1. The lowest BCUT2D eigenvalue weighted by Gasteiger charge is -2.36. The average molecular weight is 442 g/mol. The standard InChI is InChI=1S/C23H27N3O4S/c1-18-3-5-20(6-4-18)11-16-31(29,30)24-17-23(28)26-14-12-25(13-15-26)22-9-7-21(8-10-22)19(2)27/h3-11,16,24H,12-15,17H2,1-2H3/b16-11+. The zero-order chi connectivity index (χ0) is 22.4. The number of sulfonamides is 1. The lowest BCUT2D eigenvalue weighted by atomic mass is 10.1. The molecule has 1 fully saturated rings. The number of piperazine rings is 1. The number of carbonyl (C=O) groups is 2. The van der Waals surface area contributed by atoms with E-state index in [1.807, 2.05) is 43.3 Å². The molecule has 0 bridgehead atoms. The summed E-state index contributed by atoms with van der Waals surface area (Å²) in [6.45, 7) is 5.53. The Kier molecular flexibility index (Phi) is 7.25. The van der Waals surface area contributed by atoms with Crippen LogP contribution in [0.2, 0.25) is 0 Å². The maximum atomic E-state index is 12.4. The van der Waals surface area contributed by atoms with Gasteiger partial charge >= 0.3 is 0 Å². The van der Waals surface area contributed by atoms with Crippen LogP contribution in [0, 0.1) is 6.92 Å². The van der Waals surface area contributed by atoms with Gasteiger partial charge in [0.25, 0.3) is 0 Å². The van der Waals surface area contributed by atoms with Gasteiger partial charge in [0.05, 0.1) is 6.54 Å². The van der Waals surface area contributed by atoms with Gasteiger partial charge in [-0.2, -0.15) is 0 Å². The second kappa shape index (κ2) is 9.89. The lowest BCUT2D eigenvalue weighted by Crippen LogP contribution is -2.51. The average Bonchev–Trinajstić information content (AvgIpc) is 2.77. The Balaban J connectivity index is 1.48. The SMILES string of the molecule is CC(=O)c1ccc(N2CCN(C(=O)CNS(=O)(=O)/C=C/c3ccc(C)cc3)CC2)cc1. The van der Waals surface area contributed by atoms with Gasteiger partial charge in [0.2, 0.25) is 15.9 Å². The molecule has 2 aromatic rings. The first-order valence-corrected chi connectivity index (χ1v) is 11.7. The number of benzene rings is 2. The third-order valence-electron chi connectivity index (χ3n) is 5.21. The number of amides is 1. The van der Waals surface area contributed by atoms with E-state index in [1.165, 1.54) is 13.0 Å². The van der Waals surface area contributed by atoms with E-state index in [-0.39, 0.29) is 18.2 Å². The minimum atomic E-state index is -3.70. The van der Waals surface area contributed by atoms with Crippen molar-refractivity contribution in [2.24, 2.45) is 0 Å². The van der Waals surface area contributed by atoms with Gasteiger partial charge < -0.3 is 9.80 Å². The van der Waals surface area contributed by atoms with Crippen LogP contribution in [0.4, 0.5) is 5.69 Å².